The standard InChI is InChI=1S/C25H27N2O3/c1-18-15-23(19(2)27(18)16-22-9-6-14-30-22)24(28)17-26-12-10-21(11-13-26)25(29)20-7-4-3-5-8-20/h3-5,7-8,10-13,15,22H,6,9,14,16-17H2,1-2H3/q+1/t22-/m1/s1. The molecule has 0 unspecified atom stereocenters. The van der Waals surface area contributed by atoms with Crippen molar-refractivity contribution in [3.05, 3.63) is 89.0 Å². The lowest BCUT2D eigenvalue weighted by Gasteiger charge is -2.14. The summed E-state index contributed by atoms with van der Waals surface area (Å²) in [5.74, 6) is 0.0422. The second-order valence-corrected chi connectivity index (χ2v) is 7.91. The number of carbonyl (C=O) groups excluding carboxylic acids is 2. The van der Waals surface area contributed by atoms with E-state index in [2.05, 4.69) is 4.57 Å². The minimum absolute atomic E-state index is 0.0215. The van der Waals surface area contributed by atoms with Crippen LogP contribution in [-0.2, 0) is 17.8 Å². The Morgan fingerprint density at radius 1 is 1.07 bits per heavy atom. The number of carbonyl (C=O) groups is 2. The molecule has 1 aliphatic heterocycles. The molecule has 3 heterocycles. The van der Waals surface area contributed by atoms with Gasteiger partial charge in [0.15, 0.2) is 18.2 Å². The molecule has 1 aromatic carbocycles. The Hall–Kier alpha value is -3.05. The third-order valence-electron chi connectivity index (χ3n) is 5.80. The maximum atomic E-state index is 12.9. The smallest absolute Gasteiger partial charge is 0.229 e. The second-order valence-electron chi connectivity index (χ2n) is 7.91. The normalized spacial score (nSPS) is 16.0. The maximum absolute atomic E-state index is 12.9. The summed E-state index contributed by atoms with van der Waals surface area (Å²) >= 11 is 0. The zero-order valence-electron chi connectivity index (χ0n) is 17.5. The molecule has 4 rings (SSSR count). The maximum Gasteiger partial charge on any atom is 0.229 e. The van der Waals surface area contributed by atoms with Crippen molar-refractivity contribution in [3.8, 4) is 0 Å². The molecule has 1 aliphatic rings. The van der Waals surface area contributed by atoms with Crippen LogP contribution >= 0.6 is 0 Å². The highest BCUT2D eigenvalue weighted by atomic mass is 16.5. The molecule has 30 heavy (non-hydrogen) atoms. The van der Waals surface area contributed by atoms with Crippen LogP contribution in [0.4, 0.5) is 0 Å². The van der Waals surface area contributed by atoms with E-state index >= 15 is 0 Å². The summed E-state index contributed by atoms with van der Waals surface area (Å²) in [4.78, 5) is 25.5. The van der Waals surface area contributed by atoms with Crippen molar-refractivity contribution in [3.63, 3.8) is 0 Å². The first-order valence-corrected chi connectivity index (χ1v) is 10.4. The summed E-state index contributed by atoms with van der Waals surface area (Å²) in [5, 5.41) is 0. The monoisotopic (exact) mass is 403 g/mol. The molecule has 1 saturated heterocycles. The van der Waals surface area contributed by atoms with Gasteiger partial charge < -0.3 is 9.30 Å². The molecule has 0 saturated carbocycles. The van der Waals surface area contributed by atoms with Crippen molar-refractivity contribution in [2.75, 3.05) is 6.61 Å². The van der Waals surface area contributed by atoms with E-state index in [9.17, 15) is 9.59 Å². The lowest BCUT2D eigenvalue weighted by atomic mass is 10.0. The SMILES string of the molecule is Cc1cc(C(=O)C[n+]2ccc(C(=O)c3ccccc3)cc2)c(C)n1C[C@H]1CCCO1. The summed E-state index contributed by atoms with van der Waals surface area (Å²) in [5.41, 5.74) is 4.09. The summed E-state index contributed by atoms with van der Waals surface area (Å²) < 4.78 is 9.76. The Labute approximate surface area is 176 Å². The number of rotatable bonds is 7. The third-order valence-corrected chi connectivity index (χ3v) is 5.80. The molecule has 0 amide bonds. The highest BCUT2D eigenvalue weighted by Crippen LogP contribution is 2.20. The number of aryl methyl sites for hydroxylation is 1. The summed E-state index contributed by atoms with van der Waals surface area (Å²) in [6.07, 6.45) is 6.00. The van der Waals surface area contributed by atoms with E-state index < -0.39 is 0 Å². The summed E-state index contributed by atoms with van der Waals surface area (Å²) in [6.45, 7) is 5.91. The minimum Gasteiger partial charge on any atom is -0.376 e. The molecule has 1 fully saturated rings. The summed E-state index contributed by atoms with van der Waals surface area (Å²) in [7, 11) is 0. The van der Waals surface area contributed by atoms with Crippen LogP contribution in [0.3, 0.4) is 0 Å². The zero-order chi connectivity index (χ0) is 21.1. The van der Waals surface area contributed by atoms with E-state index in [1.807, 2.05) is 42.7 Å². The number of benzene rings is 1. The first-order valence-electron chi connectivity index (χ1n) is 10.4. The second kappa shape index (κ2) is 8.76. The Kier molecular flexibility index (Phi) is 5.91. The minimum atomic E-state index is -0.0215. The predicted molar refractivity (Wildman–Crippen MR) is 114 cm³/mol. The van der Waals surface area contributed by atoms with Crippen LogP contribution in [0.25, 0.3) is 0 Å². The predicted octanol–water partition coefficient (Wildman–Crippen LogP) is 3.69. The van der Waals surface area contributed by atoms with Crippen LogP contribution in [0.1, 0.15) is 50.5 Å². The molecule has 5 nitrogen and oxygen atoms in total. The quantitative estimate of drug-likeness (QED) is 0.447. The molecular formula is C25H27N2O3+. The van der Waals surface area contributed by atoms with Crippen molar-refractivity contribution in [1.82, 2.24) is 4.57 Å². The number of ketones is 2. The first-order chi connectivity index (χ1) is 14.5. The third kappa shape index (κ3) is 4.26. The molecule has 0 aliphatic carbocycles. The van der Waals surface area contributed by atoms with E-state index in [1.54, 1.807) is 36.7 Å². The van der Waals surface area contributed by atoms with Gasteiger partial charge in [-0.1, -0.05) is 30.3 Å². The number of pyridine rings is 1. The van der Waals surface area contributed by atoms with Crippen LogP contribution in [0.5, 0.6) is 0 Å². The topological polar surface area (TPSA) is 52.2 Å². The van der Waals surface area contributed by atoms with E-state index in [4.69, 9.17) is 4.74 Å². The highest BCUT2D eigenvalue weighted by molar-refractivity contribution is 6.08. The Morgan fingerprint density at radius 3 is 2.43 bits per heavy atom. The average Bonchev–Trinajstić information content (AvgIpc) is 3.38. The fourth-order valence-corrected chi connectivity index (χ4v) is 4.08. The number of ether oxygens (including phenoxy) is 1. The van der Waals surface area contributed by atoms with Gasteiger partial charge >= 0.3 is 0 Å². The van der Waals surface area contributed by atoms with Crippen molar-refractivity contribution in [1.29, 1.82) is 0 Å². The Morgan fingerprint density at radius 2 is 1.77 bits per heavy atom. The molecular weight excluding hydrogens is 376 g/mol. The Bertz CT molecular complexity index is 1050. The molecule has 0 bridgehead atoms. The van der Waals surface area contributed by atoms with Gasteiger partial charge in [0.05, 0.1) is 6.10 Å². The molecule has 0 spiro atoms. The summed E-state index contributed by atoms with van der Waals surface area (Å²) in [6, 6.07) is 14.7. The zero-order valence-corrected chi connectivity index (χ0v) is 17.5. The number of hydrogen-bond donors (Lipinski definition) is 0. The lowest BCUT2D eigenvalue weighted by Crippen LogP contribution is -2.37. The van der Waals surface area contributed by atoms with Crippen LogP contribution < -0.4 is 4.57 Å². The first kappa shape index (κ1) is 20.2. The van der Waals surface area contributed by atoms with Crippen LogP contribution in [-0.4, -0.2) is 28.8 Å². The molecule has 5 heteroatoms. The number of Topliss-reactive ketones (excluding diaryl/α,β-unsaturated/α-hetero) is 1. The van der Waals surface area contributed by atoms with Crippen molar-refractivity contribution in [2.24, 2.45) is 0 Å². The Balaban J connectivity index is 1.46. The highest BCUT2D eigenvalue weighted by Gasteiger charge is 2.22. The van der Waals surface area contributed by atoms with Crippen LogP contribution in [0.2, 0.25) is 0 Å². The molecule has 3 aromatic rings. The van der Waals surface area contributed by atoms with Gasteiger partial charge in [-0.05, 0) is 32.8 Å². The van der Waals surface area contributed by atoms with E-state index in [0.717, 1.165) is 42.9 Å². The van der Waals surface area contributed by atoms with Gasteiger partial charge in [-0.2, -0.15) is 4.57 Å². The fraction of sp³-hybridized carbons (Fsp3) is 0.320. The number of hydrogen-bond acceptors (Lipinski definition) is 3. The van der Waals surface area contributed by atoms with E-state index in [-0.39, 0.29) is 24.2 Å². The van der Waals surface area contributed by atoms with Gasteiger partial charge in [0.1, 0.15) is 0 Å². The van der Waals surface area contributed by atoms with Gasteiger partial charge in [0.25, 0.3) is 0 Å². The van der Waals surface area contributed by atoms with Gasteiger partial charge in [-0.3, -0.25) is 9.59 Å². The van der Waals surface area contributed by atoms with E-state index in [0.29, 0.717) is 11.1 Å². The number of nitrogens with zero attached hydrogens (tertiary/aromatic N) is 2. The van der Waals surface area contributed by atoms with Crippen molar-refractivity contribution < 1.29 is 18.9 Å². The van der Waals surface area contributed by atoms with Crippen LogP contribution in [0, 0.1) is 13.8 Å². The van der Waals surface area contributed by atoms with Gasteiger partial charge in [-0.25, -0.2) is 0 Å². The van der Waals surface area contributed by atoms with Crippen LogP contribution in [0.15, 0.2) is 60.9 Å². The molecule has 2 aromatic heterocycles. The lowest BCUT2D eigenvalue weighted by molar-refractivity contribution is -0.683. The van der Waals surface area contributed by atoms with Gasteiger partial charge in [0.2, 0.25) is 12.3 Å². The molecule has 0 N–H and O–H groups in total. The van der Waals surface area contributed by atoms with E-state index in [1.165, 1.54) is 0 Å². The van der Waals surface area contributed by atoms with Gasteiger partial charge in [-0.15, -0.1) is 0 Å². The fourth-order valence-electron chi connectivity index (χ4n) is 4.08. The molecule has 0 radical (unpaired) electrons. The number of aromatic nitrogens is 2. The van der Waals surface area contributed by atoms with Crippen molar-refractivity contribution in [2.45, 2.75) is 45.9 Å². The molecule has 1 atom stereocenters. The molecule has 154 valence electrons. The van der Waals surface area contributed by atoms with Gasteiger partial charge in [0, 0.05) is 53.4 Å². The van der Waals surface area contributed by atoms with Crippen molar-refractivity contribution >= 4 is 11.6 Å². The average molecular weight is 404 g/mol. The largest absolute Gasteiger partial charge is 0.376 e.